The Bertz CT molecular complexity index is 1790. The maximum absolute atomic E-state index is 16.1. The summed E-state index contributed by atoms with van der Waals surface area (Å²) in [6.07, 6.45) is -0.392. The molecule has 0 saturated carbocycles. The predicted molar refractivity (Wildman–Crippen MR) is 200 cm³/mol. The van der Waals surface area contributed by atoms with E-state index in [4.69, 9.17) is 47.9 Å². The van der Waals surface area contributed by atoms with E-state index in [2.05, 4.69) is 16.0 Å². The lowest BCUT2D eigenvalue weighted by molar-refractivity contribution is -0.118. The van der Waals surface area contributed by atoms with Gasteiger partial charge in [0.1, 0.15) is 17.7 Å². The van der Waals surface area contributed by atoms with E-state index in [9.17, 15) is 19.5 Å². The number of anilines is 1. The van der Waals surface area contributed by atoms with Gasteiger partial charge in [-0.05, 0) is 59.7 Å². The van der Waals surface area contributed by atoms with Gasteiger partial charge in [0.15, 0.2) is 0 Å². The summed E-state index contributed by atoms with van der Waals surface area (Å²) >= 11 is 12.5. The van der Waals surface area contributed by atoms with Crippen molar-refractivity contribution in [3.63, 3.8) is 0 Å². The zero-order valence-corrected chi connectivity index (χ0v) is 32.1. The summed E-state index contributed by atoms with van der Waals surface area (Å²) in [5, 5.41) is 35.7. The molecule has 294 valence electrons. The number of carbonyl (C=O) groups excluding carboxylic acids is 3. The first-order valence-electron chi connectivity index (χ1n) is 17.3. The molecule has 1 fully saturated rings. The van der Waals surface area contributed by atoms with Crippen LogP contribution in [0, 0.1) is 22.1 Å². The van der Waals surface area contributed by atoms with Crippen molar-refractivity contribution in [2.45, 2.75) is 83.5 Å². The normalized spacial score (nSPS) is 23.7. The number of allylic oxidation sites excluding steroid dienone is 3. The van der Waals surface area contributed by atoms with Crippen LogP contribution in [-0.2, 0) is 14.3 Å². The molecule has 4 rings (SSSR count). The maximum Gasteiger partial charge on any atom is 0.410 e. The number of hydrogen-bond donors (Lipinski definition) is 6. The molecule has 12 nitrogen and oxygen atoms in total. The lowest BCUT2D eigenvalue weighted by Crippen LogP contribution is -2.46. The number of aliphatic hydroxyl groups excluding tert-OH is 2. The van der Waals surface area contributed by atoms with Crippen molar-refractivity contribution >= 4 is 53.1 Å². The van der Waals surface area contributed by atoms with E-state index in [0.29, 0.717) is 6.42 Å². The average Bonchev–Trinajstić information content (AvgIpc) is 3.42. The molecule has 0 spiro atoms. The molecule has 2 aromatic carbocycles. The van der Waals surface area contributed by atoms with Gasteiger partial charge in [0, 0.05) is 43.1 Å². The van der Waals surface area contributed by atoms with E-state index in [1.165, 1.54) is 56.5 Å². The van der Waals surface area contributed by atoms with Crippen LogP contribution in [0.25, 0.3) is 0 Å². The lowest BCUT2D eigenvalue weighted by Gasteiger charge is -2.42. The molecule has 2 amide bonds. The minimum absolute atomic E-state index is 0.0107. The second-order valence-electron chi connectivity index (χ2n) is 14.4. The van der Waals surface area contributed by atoms with E-state index >= 15 is 8.78 Å². The van der Waals surface area contributed by atoms with Crippen molar-refractivity contribution in [1.29, 1.82) is 5.41 Å². The Morgan fingerprint density at radius 2 is 1.89 bits per heavy atom. The van der Waals surface area contributed by atoms with Crippen molar-refractivity contribution in [2.75, 3.05) is 25.6 Å². The van der Waals surface area contributed by atoms with Gasteiger partial charge in [-0.3, -0.25) is 4.79 Å². The largest absolute Gasteiger partial charge is 0.495 e. The molecule has 1 heterocycles. The first-order chi connectivity index (χ1) is 25.4. The van der Waals surface area contributed by atoms with Crippen LogP contribution in [0.1, 0.15) is 68.8 Å². The summed E-state index contributed by atoms with van der Waals surface area (Å²) in [4.78, 5) is 39.4. The summed E-state index contributed by atoms with van der Waals surface area (Å²) in [6, 6.07) is 6.47. The summed E-state index contributed by atoms with van der Waals surface area (Å²) < 4.78 is 47.9. The topological polar surface area (TPSA) is 179 Å². The van der Waals surface area contributed by atoms with Crippen LogP contribution in [0.15, 0.2) is 59.2 Å². The smallest absolute Gasteiger partial charge is 0.410 e. The molecule has 1 aliphatic carbocycles. The number of esters is 1. The number of aliphatic hydroxyl groups is 2. The Kier molecular flexibility index (Phi) is 14.2. The molecule has 0 bridgehead atoms. The summed E-state index contributed by atoms with van der Waals surface area (Å²) in [6.45, 7) is 6.77. The average molecular weight is 796 g/mol. The Labute approximate surface area is 322 Å². The monoisotopic (exact) mass is 794 g/mol. The van der Waals surface area contributed by atoms with Gasteiger partial charge in [0.2, 0.25) is 12.2 Å². The highest BCUT2D eigenvalue weighted by Gasteiger charge is 2.60. The van der Waals surface area contributed by atoms with Crippen LogP contribution < -0.4 is 20.7 Å². The van der Waals surface area contributed by atoms with E-state index in [0.717, 1.165) is 6.21 Å². The number of amides is 2. The molecule has 6 N–H and O–H groups in total. The number of hydrogen-bond acceptors (Lipinski definition) is 10. The van der Waals surface area contributed by atoms with E-state index in [1.807, 2.05) is 20.8 Å². The molecule has 16 heteroatoms. The fourth-order valence-electron chi connectivity index (χ4n) is 6.91. The standard InChI is InChI=1S/C38H46Cl2F2N4O8/c1-20(54-36(51)44-14-13-23(48)18-47)53-35(50)21-9-12-28(29(15-21)52-5)45-34(49)33-31(24-7-6-8-26(40)32(24)42)38(19-43,30(46-33)17-37(2,3)4)25-11-10-22(39)16-27(25)41/h6-12,15,19-20,23,27,30-31,33,43,46-48H,13-14,16-18H2,1-5H3,(H,44,51)(H,45,49)/t20?,23?,27?,30-,31?,33+,38-/m0/s1. The molecule has 54 heavy (non-hydrogen) atoms. The SMILES string of the molecule is COc1cc(C(=O)OC(C)OC(=O)NCCC(O)CO)ccc1NC(=O)[C@@H]1N[C@@H](CC(C)(C)C)[C@](C=N)(C2=CC=C(Cl)CC2F)C1c1cccc(Cl)c1F. The first kappa shape index (κ1) is 42.7. The zero-order valence-electron chi connectivity index (χ0n) is 30.6. The van der Waals surface area contributed by atoms with Crippen LogP contribution in [0.2, 0.25) is 5.02 Å². The number of halogens is 4. The van der Waals surface area contributed by atoms with Crippen molar-refractivity contribution in [2.24, 2.45) is 10.8 Å². The Morgan fingerprint density at radius 1 is 1.17 bits per heavy atom. The van der Waals surface area contributed by atoms with Crippen LogP contribution in [-0.4, -0.2) is 85.3 Å². The minimum atomic E-state index is -1.62. The Morgan fingerprint density at radius 3 is 2.52 bits per heavy atom. The fourth-order valence-corrected chi connectivity index (χ4v) is 7.29. The Hall–Kier alpha value is -4.08. The second-order valence-corrected chi connectivity index (χ2v) is 15.3. The third kappa shape index (κ3) is 9.77. The first-order valence-corrected chi connectivity index (χ1v) is 18.1. The highest BCUT2D eigenvalue weighted by atomic mass is 35.5. The van der Waals surface area contributed by atoms with Crippen LogP contribution >= 0.6 is 23.2 Å². The lowest BCUT2D eigenvalue weighted by atomic mass is 9.60. The van der Waals surface area contributed by atoms with Crippen LogP contribution in [0.4, 0.5) is 19.3 Å². The number of ether oxygens (including phenoxy) is 3. The number of methoxy groups -OCH3 is 1. The summed E-state index contributed by atoms with van der Waals surface area (Å²) in [7, 11) is 1.32. The maximum atomic E-state index is 16.1. The predicted octanol–water partition coefficient (Wildman–Crippen LogP) is 6.39. The van der Waals surface area contributed by atoms with E-state index < -0.39 is 72.4 Å². The zero-order chi connectivity index (χ0) is 40.0. The van der Waals surface area contributed by atoms with Crippen molar-refractivity contribution in [3.8, 4) is 5.75 Å². The van der Waals surface area contributed by atoms with Crippen LogP contribution in [0.3, 0.4) is 0 Å². The molecule has 7 atom stereocenters. The quantitative estimate of drug-likeness (QED) is 0.0719. The van der Waals surface area contributed by atoms with Gasteiger partial charge >= 0.3 is 12.1 Å². The minimum Gasteiger partial charge on any atom is -0.495 e. The molecular weight excluding hydrogens is 749 g/mol. The van der Waals surface area contributed by atoms with E-state index in [1.54, 1.807) is 6.08 Å². The molecule has 4 unspecified atom stereocenters. The molecule has 1 saturated heterocycles. The fraction of sp³-hybridized carbons (Fsp3) is 0.474. The second kappa shape index (κ2) is 18.0. The van der Waals surface area contributed by atoms with E-state index in [-0.39, 0.29) is 63.0 Å². The van der Waals surface area contributed by atoms with Gasteiger partial charge in [-0.2, -0.15) is 0 Å². The molecule has 0 radical (unpaired) electrons. The highest BCUT2D eigenvalue weighted by molar-refractivity contribution is 6.30. The number of nitrogens with one attached hydrogen (secondary N) is 4. The number of alkyl halides is 1. The number of rotatable bonds is 14. The third-order valence-electron chi connectivity index (χ3n) is 9.31. The van der Waals surface area contributed by atoms with Gasteiger partial charge < -0.3 is 45.8 Å². The Balaban J connectivity index is 1.65. The van der Waals surface area contributed by atoms with Crippen molar-refractivity contribution < 1.29 is 47.6 Å². The molecule has 0 aromatic heterocycles. The molecule has 1 aliphatic heterocycles. The van der Waals surface area contributed by atoms with Crippen molar-refractivity contribution in [1.82, 2.24) is 10.6 Å². The molecule has 2 aliphatic rings. The number of alkyl carbamates (subject to hydrolysis) is 1. The molecule has 2 aromatic rings. The molecular formula is C38H46Cl2F2N4O8. The van der Waals surface area contributed by atoms with Crippen molar-refractivity contribution in [3.05, 3.63) is 81.1 Å². The summed E-state index contributed by atoms with van der Waals surface area (Å²) in [5.41, 5.74) is -1.60. The van der Waals surface area contributed by atoms with Gasteiger partial charge in [-0.25, -0.2) is 18.4 Å². The van der Waals surface area contributed by atoms with Gasteiger partial charge in [-0.15, -0.1) is 0 Å². The third-order valence-corrected chi connectivity index (χ3v) is 9.89. The summed E-state index contributed by atoms with van der Waals surface area (Å²) in [5.74, 6) is -3.45. The van der Waals surface area contributed by atoms with Crippen LogP contribution in [0.5, 0.6) is 5.75 Å². The van der Waals surface area contributed by atoms with Gasteiger partial charge in [-0.1, -0.05) is 62.2 Å². The number of benzene rings is 2. The number of carbonyl (C=O) groups is 3. The van der Waals surface area contributed by atoms with Gasteiger partial charge in [0.05, 0.1) is 47.6 Å². The highest BCUT2D eigenvalue weighted by Crippen LogP contribution is 2.56. The van der Waals surface area contributed by atoms with Gasteiger partial charge in [0.25, 0.3) is 0 Å².